The van der Waals surface area contributed by atoms with Crippen molar-refractivity contribution in [3.8, 4) is 5.69 Å². The average Bonchev–Trinajstić information content (AvgIpc) is 2.82. The second-order valence-electron chi connectivity index (χ2n) is 4.24. The van der Waals surface area contributed by atoms with Gasteiger partial charge in [0.25, 0.3) is 0 Å². The molecule has 0 atom stereocenters. The van der Waals surface area contributed by atoms with E-state index in [1.54, 1.807) is 0 Å². The van der Waals surface area contributed by atoms with Crippen LogP contribution in [-0.2, 0) is 0 Å². The van der Waals surface area contributed by atoms with Crippen LogP contribution < -0.4 is 5.32 Å². The number of nitrogens with zero attached hydrogens (tertiary/aromatic N) is 3. The first-order valence-corrected chi connectivity index (χ1v) is 5.87. The summed E-state index contributed by atoms with van der Waals surface area (Å²) in [6.07, 6.45) is 3.85. The van der Waals surface area contributed by atoms with Gasteiger partial charge in [-0.25, -0.2) is 4.98 Å². The van der Waals surface area contributed by atoms with Crippen LogP contribution in [0.1, 0.15) is 5.56 Å². The van der Waals surface area contributed by atoms with Crippen molar-refractivity contribution in [1.82, 2.24) is 14.5 Å². The Morgan fingerprint density at radius 1 is 1.11 bits per heavy atom. The lowest BCUT2D eigenvalue weighted by molar-refractivity contribution is 1.07. The number of aromatic nitrogens is 3. The Kier molecular flexibility index (Phi) is 2.48. The average molecular weight is 238 g/mol. The van der Waals surface area contributed by atoms with E-state index in [0.717, 1.165) is 16.7 Å². The van der Waals surface area contributed by atoms with E-state index in [9.17, 15) is 0 Å². The summed E-state index contributed by atoms with van der Waals surface area (Å²) in [5.74, 6) is 0.634. The standard InChI is InChI=1S/C14H14N4/c1-10-3-5-12(6-4-10)18-8-7-11-9-16-14(15-2)17-13(11)18/h3-9H,1-2H3,(H,15,16,17). The van der Waals surface area contributed by atoms with E-state index in [0.29, 0.717) is 5.95 Å². The molecule has 4 nitrogen and oxygen atoms in total. The van der Waals surface area contributed by atoms with Crippen LogP contribution in [0.3, 0.4) is 0 Å². The van der Waals surface area contributed by atoms with Crippen molar-refractivity contribution in [1.29, 1.82) is 0 Å². The number of aryl methyl sites for hydroxylation is 1. The predicted molar refractivity (Wildman–Crippen MR) is 73.1 cm³/mol. The molecule has 1 aromatic carbocycles. The summed E-state index contributed by atoms with van der Waals surface area (Å²) >= 11 is 0. The zero-order valence-corrected chi connectivity index (χ0v) is 10.4. The van der Waals surface area contributed by atoms with Crippen molar-refractivity contribution < 1.29 is 0 Å². The van der Waals surface area contributed by atoms with Crippen molar-refractivity contribution in [2.45, 2.75) is 6.92 Å². The summed E-state index contributed by atoms with van der Waals surface area (Å²) in [4.78, 5) is 8.70. The number of fused-ring (bicyclic) bond motifs is 1. The third kappa shape index (κ3) is 1.72. The minimum Gasteiger partial charge on any atom is -0.357 e. The first-order valence-electron chi connectivity index (χ1n) is 5.87. The van der Waals surface area contributed by atoms with Gasteiger partial charge in [0.1, 0.15) is 5.65 Å². The first-order chi connectivity index (χ1) is 8.78. The van der Waals surface area contributed by atoms with Gasteiger partial charge < -0.3 is 9.88 Å². The van der Waals surface area contributed by atoms with Gasteiger partial charge in [0, 0.05) is 30.5 Å². The Morgan fingerprint density at radius 3 is 2.61 bits per heavy atom. The van der Waals surface area contributed by atoms with E-state index in [4.69, 9.17) is 0 Å². The normalized spacial score (nSPS) is 10.8. The summed E-state index contributed by atoms with van der Waals surface area (Å²) in [7, 11) is 1.82. The van der Waals surface area contributed by atoms with Gasteiger partial charge in [-0.15, -0.1) is 0 Å². The molecule has 3 aromatic rings. The summed E-state index contributed by atoms with van der Waals surface area (Å²) in [5, 5.41) is 4.00. The molecule has 4 heteroatoms. The minimum atomic E-state index is 0.634. The van der Waals surface area contributed by atoms with Gasteiger partial charge in [0.2, 0.25) is 5.95 Å². The molecular weight excluding hydrogens is 224 g/mol. The number of nitrogens with one attached hydrogen (secondary N) is 1. The van der Waals surface area contributed by atoms with Crippen molar-refractivity contribution in [2.24, 2.45) is 0 Å². The molecule has 0 radical (unpaired) electrons. The smallest absolute Gasteiger partial charge is 0.224 e. The molecule has 0 bridgehead atoms. The van der Waals surface area contributed by atoms with Crippen molar-refractivity contribution in [2.75, 3.05) is 12.4 Å². The Bertz CT molecular complexity index is 683. The summed E-state index contributed by atoms with van der Waals surface area (Å²) in [6, 6.07) is 10.4. The van der Waals surface area contributed by atoms with Crippen LogP contribution in [0.4, 0.5) is 5.95 Å². The quantitative estimate of drug-likeness (QED) is 0.746. The van der Waals surface area contributed by atoms with Crippen LogP contribution in [-0.4, -0.2) is 21.6 Å². The molecule has 0 spiro atoms. The first kappa shape index (κ1) is 10.8. The topological polar surface area (TPSA) is 42.7 Å². The molecule has 0 aliphatic heterocycles. The highest BCUT2D eigenvalue weighted by molar-refractivity contribution is 5.78. The van der Waals surface area contributed by atoms with Crippen LogP contribution in [0.15, 0.2) is 42.7 Å². The predicted octanol–water partition coefficient (Wildman–Crippen LogP) is 2.77. The molecule has 0 unspecified atom stereocenters. The lowest BCUT2D eigenvalue weighted by Crippen LogP contribution is -1.99. The molecule has 2 heterocycles. The number of hydrogen-bond acceptors (Lipinski definition) is 3. The van der Waals surface area contributed by atoms with Gasteiger partial charge >= 0.3 is 0 Å². The maximum atomic E-state index is 4.49. The molecule has 0 saturated carbocycles. The highest BCUT2D eigenvalue weighted by Gasteiger charge is 2.05. The Morgan fingerprint density at radius 2 is 1.89 bits per heavy atom. The molecule has 0 aliphatic rings. The van der Waals surface area contributed by atoms with Crippen LogP contribution in [0.2, 0.25) is 0 Å². The maximum Gasteiger partial charge on any atom is 0.224 e. The fraction of sp³-hybridized carbons (Fsp3) is 0.143. The molecule has 18 heavy (non-hydrogen) atoms. The number of rotatable bonds is 2. The summed E-state index contributed by atoms with van der Waals surface area (Å²) in [5.41, 5.74) is 3.27. The lowest BCUT2D eigenvalue weighted by atomic mass is 10.2. The van der Waals surface area contributed by atoms with Crippen LogP contribution in [0.25, 0.3) is 16.7 Å². The zero-order valence-electron chi connectivity index (χ0n) is 10.4. The van der Waals surface area contributed by atoms with E-state index < -0.39 is 0 Å². The Balaban J connectivity index is 2.19. The minimum absolute atomic E-state index is 0.634. The fourth-order valence-corrected chi connectivity index (χ4v) is 1.95. The van der Waals surface area contributed by atoms with E-state index in [1.165, 1.54) is 5.56 Å². The largest absolute Gasteiger partial charge is 0.357 e. The second kappa shape index (κ2) is 4.14. The van der Waals surface area contributed by atoms with Gasteiger partial charge in [-0.2, -0.15) is 4.98 Å². The Hall–Kier alpha value is -2.36. The van der Waals surface area contributed by atoms with Crippen LogP contribution in [0, 0.1) is 6.92 Å². The zero-order chi connectivity index (χ0) is 12.5. The number of hydrogen-bond donors (Lipinski definition) is 1. The molecule has 0 saturated heterocycles. The van der Waals surface area contributed by atoms with E-state index >= 15 is 0 Å². The Labute approximate surface area is 105 Å². The monoisotopic (exact) mass is 238 g/mol. The number of anilines is 1. The number of benzene rings is 1. The van der Waals surface area contributed by atoms with Gasteiger partial charge in [-0.05, 0) is 25.1 Å². The van der Waals surface area contributed by atoms with Gasteiger partial charge in [0.05, 0.1) is 0 Å². The van der Waals surface area contributed by atoms with E-state index in [-0.39, 0.29) is 0 Å². The SMILES string of the molecule is CNc1ncc2ccn(-c3ccc(C)cc3)c2n1. The molecule has 0 aliphatic carbocycles. The van der Waals surface area contributed by atoms with Crippen LogP contribution in [0.5, 0.6) is 0 Å². The maximum absolute atomic E-state index is 4.49. The van der Waals surface area contributed by atoms with E-state index in [1.807, 2.05) is 25.5 Å². The molecule has 0 amide bonds. The molecule has 2 aromatic heterocycles. The van der Waals surface area contributed by atoms with Gasteiger partial charge in [0.15, 0.2) is 0 Å². The van der Waals surface area contributed by atoms with Crippen molar-refractivity contribution >= 4 is 17.0 Å². The van der Waals surface area contributed by atoms with E-state index in [2.05, 4.69) is 51.0 Å². The molecule has 90 valence electrons. The third-order valence-corrected chi connectivity index (χ3v) is 2.96. The molecule has 3 rings (SSSR count). The fourth-order valence-electron chi connectivity index (χ4n) is 1.95. The molecule has 0 fully saturated rings. The third-order valence-electron chi connectivity index (χ3n) is 2.96. The van der Waals surface area contributed by atoms with Crippen molar-refractivity contribution in [3.63, 3.8) is 0 Å². The van der Waals surface area contributed by atoms with Crippen LogP contribution >= 0.6 is 0 Å². The highest BCUT2D eigenvalue weighted by Crippen LogP contribution is 2.19. The van der Waals surface area contributed by atoms with Gasteiger partial charge in [-0.1, -0.05) is 17.7 Å². The molecule has 1 N–H and O–H groups in total. The molecular formula is C14H14N4. The summed E-state index contributed by atoms with van der Waals surface area (Å²) in [6.45, 7) is 2.08. The summed E-state index contributed by atoms with van der Waals surface area (Å²) < 4.78 is 2.07. The van der Waals surface area contributed by atoms with Gasteiger partial charge in [-0.3, -0.25) is 0 Å². The lowest BCUT2D eigenvalue weighted by Gasteiger charge is -2.06. The van der Waals surface area contributed by atoms with Crippen molar-refractivity contribution in [3.05, 3.63) is 48.3 Å². The second-order valence-corrected chi connectivity index (χ2v) is 4.24. The highest BCUT2D eigenvalue weighted by atomic mass is 15.1.